The fourth-order valence-electron chi connectivity index (χ4n) is 0.549. The van der Waals surface area contributed by atoms with Crippen molar-refractivity contribution < 1.29 is 9.90 Å². The second kappa shape index (κ2) is 2.71. The molecule has 0 radical (unpaired) electrons. The van der Waals surface area contributed by atoms with Gasteiger partial charge in [-0.05, 0) is 6.07 Å². The third kappa shape index (κ3) is 1.56. The molecule has 0 amide bonds. The Morgan fingerprint density at radius 1 is 1.64 bits per heavy atom. The minimum Gasteiger partial charge on any atom is -0.478 e. The molecule has 0 aliphatic rings. The highest BCUT2D eigenvalue weighted by Crippen LogP contribution is 2.11. The molecule has 58 valence electrons. The van der Waals surface area contributed by atoms with Crippen LogP contribution in [0, 0.1) is 0 Å². The average molecular weight is 174 g/mol. The molecule has 6 heteroatoms. The predicted molar refractivity (Wildman–Crippen MR) is 38.4 cm³/mol. The number of aromatic carboxylic acids is 1. The highest BCUT2D eigenvalue weighted by atomic mass is 35.5. The van der Waals surface area contributed by atoms with E-state index >= 15 is 0 Å². The van der Waals surface area contributed by atoms with Crippen LogP contribution >= 0.6 is 11.6 Å². The van der Waals surface area contributed by atoms with Gasteiger partial charge in [0.05, 0.1) is 0 Å². The molecule has 3 N–H and O–H groups in total. The quantitative estimate of drug-likeness (QED) is 0.642. The fraction of sp³-hybridized carbons (Fsp3) is 0. The van der Waals surface area contributed by atoms with Gasteiger partial charge in [-0.2, -0.15) is 0 Å². The smallest absolute Gasteiger partial charge is 0.339 e. The van der Waals surface area contributed by atoms with Crippen molar-refractivity contribution in [2.45, 2.75) is 0 Å². The van der Waals surface area contributed by atoms with Gasteiger partial charge in [0.15, 0.2) is 11.0 Å². The molecule has 0 unspecified atom stereocenters. The summed E-state index contributed by atoms with van der Waals surface area (Å²) in [6.07, 6.45) is 0. The Kier molecular flexibility index (Phi) is 1.91. The second-order valence-corrected chi connectivity index (χ2v) is 2.16. The lowest BCUT2D eigenvalue weighted by molar-refractivity contribution is 0.0697. The summed E-state index contributed by atoms with van der Waals surface area (Å²) in [5.41, 5.74) is 5.04. The van der Waals surface area contributed by atoms with Crippen LogP contribution in [0.2, 0.25) is 5.15 Å². The van der Waals surface area contributed by atoms with Crippen LogP contribution in [0.4, 0.5) is 5.82 Å². The lowest BCUT2D eigenvalue weighted by atomic mass is 10.3. The molecule has 0 aromatic carbocycles. The van der Waals surface area contributed by atoms with Gasteiger partial charge >= 0.3 is 5.97 Å². The molecular weight excluding hydrogens is 170 g/mol. The van der Waals surface area contributed by atoms with Gasteiger partial charge in [0.2, 0.25) is 0 Å². The van der Waals surface area contributed by atoms with Crippen LogP contribution in [0.15, 0.2) is 6.07 Å². The number of nitrogen functional groups attached to an aromatic ring is 1. The summed E-state index contributed by atoms with van der Waals surface area (Å²) in [6.45, 7) is 0. The Bertz CT molecular complexity index is 302. The molecule has 0 spiro atoms. The van der Waals surface area contributed by atoms with Crippen molar-refractivity contribution >= 4 is 23.4 Å². The molecule has 0 atom stereocenters. The maximum atomic E-state index is 10.4. The van der Waals surface area contributed by atoms with Crippen molar-refractivity contribution in [3.8, 4) is 0 Å². The van der Waals surface area contributed by atoms with Crippen molar-refractivity contribution in [2.24, 2.45) is 0 Å². The first-order chi connectivity index (χ1) is 5.11. The van der Waals surface area contributed by atoms with Crippen LogP contribution in [0.25, 0.3) is 0 Å². The third-order valence-corrected chi connectivity index (χ3v) is 1.21. The summed E-state index contributed by atoms with van der Waals surface area (Å²) in [7, 11) is 0. The van der Waals surface area contributed by atoms with E-state index in [0.717, 1.165) is 6.07 Å². The minimum absolute atomic E-state index is 0.0107. The highest BCUT2D eigenvalue weighted by molar-refractivity contribution is 6.29. The van der Waals surface area contributed by atoms with Gasteiger partial charge in [-0.25, -0.2) is 4.79 Å². The third-order valence-electron chi connectivity index (χ3n) is 1.02. The van der Waals surface area contributed by atoms with Gasteiger partial charge in [0.1, 0.15) is 5.56 Å². The lowest BCUT2D eigenvalue weighted by Crippen LogP contribution is -2.05. The fourth-order valence-corrected chi connectivity index (χ4v) is 0.696. The zero-order valence-corrected chi connectivity index (χ0v) is 6.04. The summed E-state index contributed by atoms with van der Waals surface area (Å²) in [5.74, 6) is -1.30. The first-order valence-electron chi connectivity index (χ1n) is 2.63. The summed E-state index contributed by atoms with van der Waals surface area (Å²) in [5, 5.41) is 15.2. The van der Waals surface area contributed by atoms with E-state index in [0.29, 0.717) is 0 Å². The molecule has 1 aromatic rings. The van der Waals surface area contributed by atoms with E-state index in [2.05, 4.69) is 10.2 Å². The number of rotatable bonds is 1. The molecule has 0 saturated heterocycles. The van der Waals surface area contributed by atoms with Crippen LogP contribution in [0.3, 0.4) is 0 Å². The maximum absolute atomic E-state index is 10.4. The van der Waals surface area contributed by atoms with Crippen molar-refractivity contribution in [1.82, 2.24) is 10.2 Å². The molecule has 0 aliphatic heterocycles. The topological polar surface area (TPSA) is 89.1 Å². The van der Waals surface area contributed by atoms with Gasteiger partial charge in [0, 0.05) is 0 Å². The number of aromatic nitrogens is 2. The van der Waals surface area contributed by atoms with Crippen molar-refractivity contribution in [3.05, 3.63) is 16.8 Å². The summed E-state index contributed by atoms with van der Waals surface area (Å²) in [6, 6.07) is 1.15. The van der Waals surface area contributed by atoms with E-state index in [9.17, 15) is 4.79 Å². The average Bonchev–Trinajstić information content (AvgIpc) is 1.94. The zero-order valence-electron chi connectivity index (χ0n) is 5.28. The van der Waals surface area contributed by atoms with E-state index in [-0.39, 0.29) is 16.5 Å². The summed E-state index contributed by atoms with van der Waals surface area (Å²) >= 11 is 5.37. The number of hydrogen-bond donors (Lipinski definition) is 2. The molecule has 0 bridgehead atoms. The first-order valence-corrected chi connectivity index (χ1v) is 3.01. The van der Waals surface area contributed by atoms with E-state index in [1.165, 1.54) is 0 Å². The normalized spacial score (nSPS) is 9.55. The molecule has 0 saturated carbocycles. The monoisotopic (exact) mass is 173 g/mol. The van der Waals surface area contributed by atoms with E-state index in [4.69, 9.17) is 22.4 Å². The Labute approximate surface area is 66.8 Å². The molecular formula is C5H4ClN3O2. The van der Waals surface area contributed by atoms with Crippen molar-refractivity contribution in [2.75, 3.05) is 5.73 Å². The number of carboxylic acid groups (broad SMARTS) is 1. The number of nitrogens with zero attached hydrogens (tertiary/aromatic N) is 2. The predicted octanol–water partition coefficient (Wildman–Crippen LogP) is 0.410. The molecule has 0 aliphatic carbocycles. The number of halogens is 1. The number of hydrogen-bond acceptors (Lipinski definition) is 4. The first kappa shape index (κ1) is 7.74. The number of anilines is 1. The van der Waals surface area contributed by atoms with Crippen LogP contribution in [0.5, 0.6) is 0 Å². The largest absolute Gasteiger partial charge is 0.478 e. The Morgan fingerprint density at radius 3 is 2.73 bits per heavy atom. The zero-order chi connectivity index (χ0) is 8.43. The molecule has 11 heavy (non-hydrogen) atoms. The van der Waals surface area contributed by atoms with E-state index < -0.39 is 5.97 Å². The number of carbonyl (C=O) groups is 1. The van der Waals surface area contributed by atoms with Gasteiger partial charge in [-0.3, -0.25) is 0 Å². The van der Waals surface area contributed by atoms with Gasteiger partial charge in [-0.15, -0.1) is 10.2 Å². The van der Waals surface area contributed by atoms with Crippen molar-refractivity contribution in [1.29, 1.82) is 0 Å². The van der Waals surface area contributed by atoms with Crippen LogP contribution in [-0.2, 0) is 0 Å². The molecule has 5 nitrogen and oxygen atoms in total. The van der Waals surface area contributed by atoms with Crippen LogP contribution < -0.4 is 5.73 Å². The molecule has 1 heterocycles. The Morgan fingerprint density at radius 2 is 2.27 bits per heavy atom. The van der Waals surface area contributed by atoms with E-state index in [1.54, 1.807) is 0 Å². The highest BCUT2D eigenvalue weighted by Gasteiger charge is 2.09. The van der Waals surface area contributed by atoms with Gasteiger partial charge in [0.25, 0.3) is 0 Å². The van der Waals surface area contributed by atoms with Crippen LogP contribution in [-0.4, -0.2) is 21.3 Å². The minimum atomic E-state index is -1.17. The second-order valence-electron chi connectivity index (χ2n) is 1.77. The molecule has 1 aromatic heterocycles. The van der Waals surface area contributed by atoms with E-state index in [1.807, 2.05) is 0 Å². The number of nitrogens with two attached hydrogens (primary N) is 1. The SMILES string of the molecule is Nc1nnc(Cl)cc1C(=O)O. The van der Waals surface area contributed by atoms with Gasteiger partial charge in [-0.1, -0.05) is 11.6 Å². The summed E-state index contributed by atoms with van der Waals surface area (Å²) < 4.78 is 0. The number of carboxylic acids is 1. The molecule has 0 fully saturated rings. The Hall–Kier alpha value is -1.36. The maximum Gasteiger partial charge on any atom is 0.339 e. The lowest BCUT2D eigenvalue weighted by Gasteiger charge is -1.96. The molecule has 1 rings (SSSR count). The standard InChI is InChI=1S/C5H4ClN3O2/c6-3-1-2(5(10)11)4(7)9-8-3/h1H,(H2,7,9)(H,10,11). The van der Waals surface area contributed by atoms with Crippen LogP contribution in [0.1, 0.15) is 10.4 Å². The summed E-state index contributed by atoms with van der Waals surface area (Å²) in [4.78, 5) is 10.4. The van der Waals surface area contributed by atoms with Gasteiger partial charge < -0.3 is 10.8 Å². The Balaban J connectivity index is 3.23. The van der Waals surface area contributed by atoms with Crippen molar-refractivity contribution in [3.63, 3.8) is 0 Å².